The third-order valence-electron chi connectivity index (χ3n) is 0.257. The number of hydrogen-bond donors (Lipinski definition) is 1. The molecule has 0 saturated heterocycles. The van der Waals surface area contributed by atoms with Crippen LogP contribution in [0.1, 0.15) is 0 Å². The topological polar surface area (TPSA) is 60.4 Å². The fraction of sp³-hybridized carbons (Fsp3) is 1.00. The second kappa shape index (κ2) is 4.07. The van der Waals surface area contributed by atoms with E-state index in [1.807, 2.05) is 0 Å². The minimum atomic E-state index is -3.34. The summed E-state index contributed by atoms with van der Waals surface area (Å²) >= 11 is 0. The Kier molecular flexibility index (Phi) is 6.41. The molecule has 5 heteroatoms. The smallest absolute Gasteiger partial charge is 0.798 e. The maximum absolute atomic E-state index is 9.78. The molecule has 0 radical (unpaired) electrons. The fourth-order valence-corrected chi connectivity index (χ4v) is 0. The average Bonchev–Trinajstić information content (AvgIpc) is 1.35. The molecule has 0 aliphatic heterocycles. The predicted molar refractivity (Wildman–Crippen MR) is 20.6 cm³/mol. The molecule has 0 fully saturated rings. The molecule has 0 amide bonds. The SMILES string of the molecule is CP(=O)([O-])CO.[Na+]. The molecule has 0 aromatic carbocycles. The van der Waals surface area contributed by atoms with Gasteiger partial charge in [0.2, 0.25) is 0 Å². The Morgan fingerprint density at radius 1 is 1.86 bits per heavy atom. The van der Waals surface area contributed by atoms with Gasteiger partial charge in [-0.2, -0.15) is 0 Å². The van der Waals surface area contributed by atoms with E-state index in [1.165, 1.54) is 0 Å². The molecule has 3 nitrogen and oxygen atoms in total. The Morgan fingerprint density at radius 3 is 2.00 bits per heavy atom. The van der Waals surface area contributed by atoms with E-state index in [9.17, 15) is 9.46 Å². The minimum Gasteiger partial charge on any atom is -0.798 e. The molecule has 0 aromatic heterocycles. The third-order valence-corrected chi connectivity index (χ3v) is 0.771. The third kappa shape index (κ3) is 11.0. The van der Waals surface area contributed by atoms with Crippen molar-refractivity contribution >= 4 is 7.37 Å². The van der Waals surface area contributed by atoms with Gasteiger partial charge >= 0.3 is 29.6 Å². The predicted octanol–water partition coefficient (Wildman–Crippen LogP) is -3.79. The van der Waals surface area contributed by atoms with Gasteiger partial charge in [0, 0.05) is 7.37 Å². The number of rotatable bonds is 1. The van der Waals surface area contributed by atoms with Gasteiger partial charge < -0.3 is 14.6 Å². The van der Waals surface area contributed by atoms with Crippen LogP contribution in [0.2, 0.25) is 0 Å². The van der Waals surface area contributed by atoms with Gasteiger partial charge in [-0.3, -0.25) is 0 Å². The number of aliphatic hydroxyl groups excluding tert-OH is 1. The summed E-state index contributed by atoms with van der Waals surface area (Å²) < 4.78 is 9.78. The normalized spacial score (nSPS) is 17.0. The van der Waals surface area contributed by atoms with Crippen LogP contribution in [0.25, 0.3) is 0 Å². The van der Waals surface area contributed by atoms with Crippen LogP contribution in [-0.4, -0.2) is 18.1 Å². The van der Waals surface area contributed by atoms with Gasteiger partial charge in [0.05, 0.1) is 6.35 Å². The molecular weight excluding hydrogens is 126 g/mol. The Labute approximate surface area is 64.5 Å². The van der Waals surface area contributed by atoms with Gasteiger partial charge in [-0.25, -0.2) is 0 Å². The van der Waals surface area contributed by atoms with Crippen molar-refractivity contribution in [3.05, 3.63) is 0 Å². The van der Waals surface area contributed by atoms with E-state index < -0.39 is 13.7 Å². The first-order chi connectivity index (χ1) is 2.56. The molecule has 7 heavy (non-hydrogen) atoms. The molecular formula is C2H6NaO3P. The van der Waals surface area contributed by atoms with Crippen molar-refractivity contribution in [2.45, 2.75) is 0 Å². The first-order valence-electron chi connectivity index (χ1n) is 1.44. The molecule has 0 heterocycles. The van der Waals surface area contributed by atoms with E-state index >= 15 is 0 Å². The fourth-order valence-electron chi connectivity index (χ4n) is 0. The van der Waals surface area contributed by atoms with Crippen molar-refractivity contribution < 1.29 is 44.1 Å². The van der Waals surface area contributed by atoms with Crippen LogP contribution in [0.15, 0.2) is 0 Å². The van der Waals surface area contributed by atoms with Crippen LogP contribution in [0.5, 0.6) is 0 Å². The zero-order valence-corrected chi connectivity index (χ0v) is 7.31. The molecule has 0 rings (SSSR count). The van der Waals surface area contributed by atoms with E-state index in [1.54, 1.807) is 0 Å². The standard InChI is InChI=1S/C2H7O3P.Na/c1-6(4,5)2-3;/h3H,2H2,1H3,(H,4,5);/q;+1/p-1. The van der Waals surface area contributed by atoms with Crippen LogP contribution in [0, 0.1) is 0 Å². The van der Waals surface area contributed by atoms with Crippen LogP contribution >= 0.6 is 7.37 Å². The molecule has 0 aliphatic carbocycles. The van der Waals surface area contributed by atoms with Crippen LogP contribution in [0.3, 0.4) is 0 Å². The van der Waals surface area contributed by atoms with Gasteiger partial charge in [0.1, 0.15) is 0 Å². The molecule has 0 aliphatic rings. The molecule has 0 aromatic rings. The zero-order valence-electron chi connectivity index (χ0n) is 4.42. The quantitative estimate of drug-likeness (QED) is 0.294. The van der Waals surface area contributed by atoms with Crippen molar-refractivity contribution in [1.82, 2.24) is 0 Å². The minimum absolute atomic E-state index is 0. The van der Waals surface area contributed by atoms with Crippen molar-refractivity contribution in [2.75, 3.05) is 13.0 Å². The van der Waals surface area contributed by atoms with Gasteiger partial charge in [0.15, 0.2) is 0 Å². The molecule has 1 unspecified atom stereocenters. The molecule has 0 saturated carbocycles. The van der Waals surface area contributed by atoms with E-state index in [0.29, 0.717) is 0 Å². The summed E-state index contributed by atoms with van der Waals surface area (Å²) in [5, 5.41) is 7.83. The largest absolute Gasteiger partial charge is 1.00 e. The average molecular weight is 132 g/mol. The summed E-state index contributed by atoms with van der Waals surface area (Å²) in [6.07, 6.45) is -0.729. The molecule has 0 bridgehead atoms. The van der Waals surface area contributed by atoms with Gasteiger partial charge in [0.25, 0.3) is 0 Å². The van der Waals surface area contributed by atoms with Gasteiger partial charge in [-0.05, 0) is 6.66 Å². The van der Waals surface area contributed by atoms with E-state index in [4.69, 9.17) is 5.11 Å². The van der Waals surface area contributed by atoms with Crippen LogP contribution in [0.4, 0.5) is 0 Å². The molecule has 1 N–H and O–H groups in total. The summed E-state index contributed by atoms with van der Waals surface area (Å²) in [7, 11) is -3.34. The summed E-state index contributed by atoms with van der Waals surface area (Å²) in [6, 6.07) is 0. The van der Waals surface area contributed by atoms with Crippen molar-refractivity contribution in [3.63, 3.8) is 0 Å². The number of hydrogen-bond acceptors (Lipinski definition) is 3. The summed E-state index contributed by atoms with van der Waals surface area (Å²) in [6.45, 7) is 0.993. The zero-order chi connectivity index (χ0) is 5.21. The Morgan fingerprint density at radius 2 is 2.00 bits per heavy atom. The second-order valence-electron chi connectivity index (χ2n) is 1.16. The molecule has 38 valence electrons. The second-order valence-corrected chi connectivity index (χ2v) is 3.47. The summed E-state index contributed by atoms with van der Waals surface area (Å²) in [5.74, 6) is 0. The van der Waals surface area contributed by atoms with Crippen LogP contribution in [-0.2, 0) is 4.57 Å². The maximum Gasteiger partial charge on any atom is 1.00 e. The number of aliphatic hydroxyl groups is 1. The Bertz CT molecular complexity index is 77.0. The summed E-state index contributed by atoms with van der Waals surface area (Å²) in [4.78, 5) is 9.78. The first kappa shape index (κ1) is 11.0. The van der Waals surface area contributed by atoms with Crippen molar-refractivity contribution in [2.24, 2.45) is 0 Å². The van der Waals surface area contributed by atoms with E-state index in [-0.39, 0.29) is 29.6 Å². The Hall–Kier alpha value is 1.15. The van der Waals surface area contributed by atoms with Gasteiger partial charge in [-0.1, -0.05) is 0 Å². The van der Waals surface area contributed by atoms with Gasteiger partial charge in [-0.15, -0.1) is 0 Å². The molecule has 0 spiro atoms. The van der Waals surface area contributed by atoms with Crippen molar-refractivity contribution in [3.8, 4) is 0 Å². The summed E-state index contributed by atoms with van der Waals surface area (Å²) in [5.41, 5.74) is 0. The van der Waals surface area contributed by atoms with Crippen molar-refractivity contribution in [1.29, 1.82) is 0 Å². The monoisotopic (exact) mass is 132 g/mol. The van der Waals surface area contributed by atoms with E-state index in [2.05, 4.69) is 0 Å². The maximum atomic E-state index is 9.78. The van der Waals surface area contributed by atoms with E-state index in [0.717, 1.165) is 6.66 Å². The first-order valence-corrected chi connectivity index (χ1v) is 3.70. The molecule has 1 atom stereocenters. The Balaban J connectivity index is 0. The van der Waals surface area contributed by atoms with Crippen LogP contribution < -0.4 is 34.5 Å².